The van der Waals surface area contributed by atoms with Crippen molar-refractivity contribution in [1.82, 2.24) is 15.5 Å². The molecule has 1 aliphatic rings. The molecule has 0 spiro atoms. The molecule has 5 heteroatoms. The van der Waals surface area contributed by atoms with Crippen molar-refractivity contribution in [2.24, 2.45) is 0 Å². The van der Waals surface area contributed by atoms with E-state index in [1.54, 1.807) is 0 Å². The van der Waals surface area contributed by atoms with Gasteiger partial charge in [0.25, 0.3) is 0 Å². The molecule has 0 radical (unpaired) electrons. The zero-order chi connectivity index (χ0) is 13.7. The third-order valence-corrected chi connectivity index (χ3v) is 3.49. The maximum Gasteiger partial charge on any atom is 0.318 e. The topological polar surface area (TPSA) is 54.2 Å². The zero-order valence-electron chi connectivity index (χ0n) is 12.4. The van der Waals surface area contributed by atoms with E-state index in [-0.39, 0.29) is 6.04 Å². The first-order valence-corrected chi connectivity index (χ1v) is 7.59. The second kappa shape index (κ2) is 6.89. The minimum atomic E-state index is 0.133. The Bertz CT molecular complexity index is 375. The molecule has 108 valence electrons. The van der Waals surface area contributed by atoms with Gasteiger partial charge in [-0.05, 0) is 39.2 Å². The number of unbranched alkanes of at least 4 members (excludes halogenated alkanes) is 1. The van der Waals surface area contributed by atoms with Crippen molar-refractivity contribution in [2.75, 3.05) is 18.0 Å². The van der Waals surface area contributed by atoms with Crippen molar-refractivity contribution in [1.29, 1.82) is 0 Å². The van der Waals surface area contributed by atoms with Crippen LogP contribution in [-0.4, -0.2) is 29.3 Å². The van der Waals surface area contributed by atoms with Gasteiger partial charge in [0.2, 0.25) is 5.89 Å². The van der Waals surface area contributed by atoms with E-state index >= 15 is 0 Å². The van der Waals surface area contributed by atoms with Crippen molar-refractivity contribution in [2.45, 2.75) is 65.0 Å². The van der Waals surface area contributed by atoms with Gasteiger partial charge >= 0.3 is 6.01 Å². The van der Waals surface area contributed by atoms with E-state index in [9.17, 15) is 0 Å². The maximum absolute atomic E-state index is 5.84. The number of rotatable bonds is 9. The molecule has 1 aliphatic carbocycles. The highest BCUT2D eigenvalue weighted by Crippen LogP contribution is 2.31. The molecule has 1 aromatic rings. The monoisotopic (exact) mass is 266 g/mol. The van der Waals surface area contributed by atoms with Gasteiger partial charge in [-0.3, -0.25) is 0 Å². The average Bonchev–Trinajstić information content (AvgIpc) is 3.13. The summed E-state index contributed by atoms with van der Waals surface area (Å²) in [7, 11) is 0. The van der Waals surface area contributed by atoms with Crippen LogP contribution in [0.5, 0.6) is 0 Å². The fraction of sp³-hybridized carbons (Fsp3) is 0.857. The van der Waals surface area contributed by atoms with Crippen LogP contribution >= 0.6 is 0 Å². The highest BCUT2D eigenvalue weighted by Gasteiger charge is 2.32. The quantitative estimate of drug-likeness (QED) is 0.745. The second-order valence-electron chi connectivity index (χ2n) is 5.38. The SMILES string of the molecule is CCCCN(c1nnc(C(C)NCCC)o1)C1CC1. The molecule has 0 saturated heterocycles. The lowest BCUT2D eigenvalue weighted by Gasteiger charge is -2.19. The Kier molecular flexibility index (Phi) is 5.19. The molecule has 1 saturated carbocycles. The largest absolute Gasteiger partial charge is 0.406 e. The lowest BCUT2D eigenvalue weighted by molar-refractivity contribution is 0.412. The molecule has 1 N–H and O–H groups in total. The lowest BCUT2D eigenvalue weighted by atomic mass is 10.3. The first-order chi connectivity index (χ1) is 9.26. The molecular weight excluding hydrogens is 240 g/mol. The Hall–Kier alpha value is -1.10. The summed E-state index contributed by atoms with van der Waals surface area (Å²) in [6, 6.07) is 1.46. The van der Waals surface area contributed by atoms with E-state index in [0.717, 1.165) is 19.5 Å². The van der Waals surface area contributed by atoms with E-state index in [1.807, 2.05) is 0 Å². The summed E-state index contributed by atoms with van der Waals surface area (Å²) < 4.78 is 5.84. The predicted molar refractivity (Wildman–Crippen MR) is 76.3 cm³/mol. The Morgan fingerprint density at radius 1 is 1.32 bits per heavy atom. The van der Waals surface area contributed by atoms with Crippen molar-refractivity contribution in [3.63, 3.8) is 0 Å². The average molecular weight is 266 g/mol. The maximum atomic E-state index is 5.84. The Labute approximate surface area is 115 Å². The summed E-state index contributed by atoms with van der Waals surface area (Å²) in [6.07, 6.45) is 5.99. The molecule has 1 heterocycles. The molecule has 0 amide bonds. The Balaban J connectivity index is 1.97. The molecule has 0 aliphatic heterocycles. The molecule has 2 rings (SSSR count). The van der Waals surface area contributed by atoms with Crippen molar-refractivity contribution < 1.29 is 4.42 Å². The van der Waals surface area contributed by atoms with E-state index in [2.05, 4.69) is 41.2 Å². The fourth-order valence-electron chi connectivity index (χ4n) is 2.11. The van der Waals surface area contributed by atoms with E-state index in [1.165, 1.54) is 25.7 Å². The van der Waals surface area contributed by atoms with E-state index in [4.69, 9.17) is 4.42 Å². The van der Waals surface area contributed by atoms with Crippen LogP contribution in [-0.2, 0) is 0 Å². The Morgan fingerprint density at radius 2 is 2.11 bits per heavy atom. The van der Waals surface area contributed by atoms with Gasteiger partial charge in [0.05, 0.1) is 6.04 Å². The number of hydrogen-bond donors (Lipinski definition) is 1. The predicted octanol–water partition coefficient (Wildman–Crippen LogP) is 2.90. The van der Waals surface area contributed by atoms with Gasteiger partial charge in [-0.15, -0.1) is 5.10 Å². The van der Waals surface area contributed by atoms with Crippen molar-refractivity contribution in [3.05, 3.63) is 5.89 Å². The summed E-state index contributed by atoms with van der Waals surface area (Å²) in [5.74, 6) is 0.700. The van der Waals surface area contributed by atoms with E-state index < -0.39 is 0 Å². The summed E-state index contributed by atoms with van der Waals surface area (Å²) >= 11 is 0. The second-order valence-corrected chi connectivity index (χ2v) is 5.38. The first kappa shape index (κ1) is 14.3. The third kappa shape index (κ3) is 3.93. The van der Waals surface area contributed by atoms with Gasteiger partial charge in [-0.2, -0.15) is 0 Å². The normalized spacial score (nSPS) is 16.6. The van der Waals surface area contributed by atoms with Gasteiger partial charge in [0.15, 0.2) is 0 Å². The molecule has 1 unspecified atom stereocenters. The number of hydrogen-bond acceptors (Lipinski definition) is 5. The van der Waals surface area contributed by atoms with Crippen LogP contribution in [0.2, 0.25) is 0 Å². The van der Waals surface area contributed by atoms with Crippen molar-refractivity contribution >= 4 is 6.01 Å². The third-order valence-electron chi connectivity index (χ3n) is 3.49. The number of aromatic nitrogens is 2. The number of nitrogens with one attached hydrogen (secondary N) is 1. The lowest BCUT2D eigenvalue weighted by Crippen LogP contribution is -2.27. The molecule has 0 bridgehead atoms. The van der Waals surface area contributed by atoms with Crippen LogP contribution in [0.25, 0.3) is 0 Å². The molecule has 19 heavy (non-hydrogen) atoms. The molecule has 1 fully saturated rings. The minimum absolute atomic E-state index is 0.133. The van der Waals surface area contributed by atoms with Crippen LogP contribution in [0.15, 0.2) is 4.42 Å². The highest BCUT2D eigenvalue weighted by atomic mass is 16.4. The number of nitrogens with zero attached hydrogens (tertiary/aromatic N) is 3. The molecule has 5 nitrogen and oxygen atoms in total. The summed E-state index contributed by atoms with van der Waals surface area (Å²) in [5, 5.41) is 11.8. The summed E-state index contributed by atoms with van der Waals surface area (Å²) in [4.78, 5) is 2.28. The van der Waals surface area contributed by atoms with Gasteiger partial charge < -0.3 is 14.6 Å². The van der Waals surface area contributed by atoms with Crippen LogP contribution < -0.4 is 10.2 Å². The standard InChI is InChI=1S/C14H26N4O/c1-4-6-10-18(12-7-8-12)14-17-16-13(19-14)11(3)15-9-5-2/h11-12,15H,4-10H2,1-3H3. The van der Waals surface area contributed by atoms with Crippen LogP contribution in [0, 0.1) is 0 Å². The summed E-state index contributed by atoms with van der Waals surface area (Å²) in [5.41, 5.74) is 0. The highest BCUT2D eigenvalue weighted by molar-refractivity contribution is 5.29. The Morgan fingerprint density at radius 3 is 2.74 bits per heavy atom. The molecule has 0 aromatic carbocycles. The first-order valence-electron chi connectivity index (χ1n) is 7.59. The molecule has 1 atom stereocenters. The molecular formula is C14H26N4O. The van der Waals surface area contributed by atoms with Crippen LogP contribution in [0.1, 0.15) is 64.8 Å². The van der Waals surface area contributed by atoms with Gasteiger partial charge in [0, 0.05) is 12.6 Å². The van der Waals surface area contributed by atoms with Crippen molar-refractivity contribution in [3.8, 4) is 0 Å². The fourth-order valence-corrected chi connectivity index (χ4v) is 2.11. The van der Waals surface area contributed by atoms with E-state index in [0.29, 0.717) is 17.9 Å². The zero-order valence-corrected chi connectivity index (χ0v) is 12.4. The summed E-state index contributed by atoms with van der Waals surface area (Å²) in [6.45, 7) is 8.43. The van der Waals surface area contributed by atoms with Gasteiger partial charge in [-0.25, -0.2) is 0 Å². The van der Waals surface area contributed by atoms with Gasteiger partial charge in [0.1, 0.15) is 0 Å². The van der Waals surface area contributed by atoms with Crippen LogP contribution in [0.4, 0.5) is 6.01 Å². The smallest absolute Gasteiger partial charge is 0.318 e. The number of anilines is 1. The molecule has 1 aromatic heterocycles. The minimum Gasteiger partial charge on any atom is -0.406 e. The van der Waals surface area contributed by atoms with Gasteiger partial charge in [-0.1, -0.05) is 25.4 Å². The van der Waals surface area contributed by atoms with Crippen LogP contribution in [0.3, 0.4) is 0 Å².